The Bertz CT molecular complexity index is 236. The third-order valence-electron chi connectivity index (χ3n) is 2.02. The Hall–Kier alpha value is -1.28. The van der Waals surface area contributed by atoms with Crippen LogP contribution in [0.4, 0.5) is 4.79 Å². The molecule has 0 radical (unpaired) electrons. The number of hydrogen-bond acceptors (Lipinski definition) is 4. The maximum absolute atomic E-state index is 11.1. The van der Waals surface area contributed by atoms with Crippen molar-refractivity contribution in [2.24, 2.45) is 0 Å². The lowest BCUT2D eigenvalue weighted by Crippen LogP contribution is -2.35. The zero-order valence-corrected chi connectivity index (χ0v) is 7.43. The average molecular weight is 184 g/mol. The highest BCUT2D eigenvalue weighted by Gasteiger charge is 2.34. The van der Waals surface area contributed by atoms with E-state index < -0.39 is 18.2 Å². The minimum atomic E-state index is -0.507. The molecule has 0 bridgehead atoms. The van der Waals surface area contributed by atoms with Gasteiger partial charge in [0.25, 0.3) is 0 Å². The van der Waals surface area contributed by atoms with Crippen LogP contribution in [-0.4, -0.2) is 41.4 Å². The number of nitrogens with zero attached hydrogens (tertiary/aromatic N) is 2. The fourth-order valence-electron chi connectivity index (χ4n) is 1.27. The zero-order chi connectivity index (χ0) is 9.84. The molecule has 72 valence electrons. The molecule has 1 rings (SSSR count). The first-order chi connectivity index (χ1) is 6.22. The second kappa shape index (κ2) is 4.10. The number of carbonyl (C=O) groups excluding carboxylic acids is 1. The Morgan fingerprint density at radius 1 is 1.92 bits per heavy atom. The molecule has 0 aliphatic carbocycles. The molecule has 1 heterocycles. The lowest BCUT2D eigenvalue weighted by Gasteiger charge is -2.16. The van der Waals surface area contributed by atoms with Crippen LogP contribution in [0.3, 0.4) is 0 Å². The Kier molecular flexibility index (Phi) is 3.09. The molecule has 1 amide bonds. The molecule has 2 unspecified atom stereocenters. The van der Waals surface area contributed by atoms with Gasteiger partial charge in [-0.1, -0.05) is 6.92 Å². The van der Waals surface area contributed by atoms with E-state index >= 15 is 0 Å². The molecule has 0 saturated carbocycles. The summed E-state index contributed by atoms with van der Waals surface area (Å²) in [5.41, 5.74) is 0. The van der Waals surface area contributed by atoms with Gasteiger partial charge in [0.2, 0.25) is 0 Å². The van der Waals surface area contributed by atoms with Gasteiger partial charge >= 0.3 is 6.09 Å². The van der Waals surface area contributed by atoms with E-state index in [4.69, 9.17) is 15.1 Å². The maximum atomic E-state index is 11.1. The molecule has 1 aliphatic rings. The first-order valence-corrected chi connectivity index (χ1v) is 4.20. The monoisotopic (exact) mass is 184 g/mol. The summed E-state index contributed by atoms with van der Waals surface area (Å²) in [4.78, 5) is 12.5. The van der Waals surface area contributed by atoms with Crippen molar-refractivity contribution in [3.8, 4) is 6.07 Å². The van der Waals surface area contributed by atoms with E-state index in [1.807, 2.05) is 13.0 Å². The van der Waals surface area contributed by atoms with Crippen molar-refractivity contribution in [3.63, 3.8) is 0 Å². The third kappa shape index (κ3) is 1.90. The van der Waals surface area contributed by atoms with Crippen molar-refractivity contribution in [3.05, 3.63) is 0 Å². The normalized spacial score (nSPS) is 23.9. The molecule has 1 saturated heterocycles. The Labute approximate surface area is 76.5 Å². The Balaban J connectivity index is 2.62. The summed E-state index contributed by atoms with van der Waals surface area (Å²) in [6, 6.07) is 1.57. The second-order valence-electron chi connectivity index (χ2n) is 2.89. The summed E-state index contributed by atoms with van der Waals surface area (Å²) in [6.07, 6.45) is -0.411. The van der Waals surface area contributed by atoms with Crippen molar-refractivity contribution in [2.75, 3.05) is 13.2 Å². The van der Waals surface area contributed by atoms with E-state index in [0.29, 0.717) is 13.0 Å². The highest BCUT2D eigenvalue weighted by Crippen LogP contribution is 2.15. The molecule has 1 N–H and O–H groups in total. The van der Waals surface area contributed by atoms with Crippen LogP contribution in [0.2, 0.25) is 0 Å². The lowest BCUT2D eigenvalue weighted by atomic mass is 10.2. The van der Waals surface area contributed by atoms with Crippen LogP contribution in [0.15, 0.2) is 0 Å². The number of cyclic esters (lactones) is 1. The van der Waals surface area contributed by atoms with Gasteiger partial charge in [0, 0.05) is 0 Å². The number of rotatable bonds is 3. The number of nitriles is 1. The van der Waals surface area contributed by atoms with Crippen LogP contribution >= 0.6 is 0 Å². The second-order valence-corrected chi connectivity index (χ2v) is 2.89. The van der Waals surface area contributed by atoms with Gasteiger partial charge in [-0.3, -0.25) is 4.90 Å². The van der Waals surface area contributed by atoms with Crippen LogP contribution in [0.1, 0.15) is 13.3 Å². The molecule has 0 aromatic rings. The van der Waals surface area contributed by atoms with E-state index in [1.165, 1.54) is 4.90 Å². The van der Waals surface area contributed by atoms with Crippen molar-refractivity contribution in [2.45, 2.75) is 25.5 Å². The van der Waals surface area contributed by atoms with Crippen LogP contribution < -0.4 is 0 Å². The molecule has 0 aromatic heterocycles. The van der Waals surface area contributed by atoms with Crippen LogP contribution in [0, 0.1) is 11.3 Å². The maximum Gasteiger partial charge on any atom is 0.411 e. The number of ether oxygens (including phenoxy) is 1. The molecule has 5 heteroatoms. The smallest absolute Gasteiger partial charge is 0.411 e. The van der Waals surface area contributed by atoms with Crippen molar-refractivity contribution in [1.82, 2.24) is 4.90 Å². The first kappa shape index (κ1) is 9.81. The molecule has 1 fully saturated rings. The van der Waals surface area contributed by atoms with Crippen molar-refractivity contribution in [1.29, 1.82) is 5.26 Å². The van der Waals surface area contributed by atoms with Gasteiger partial charge in [-0.2, -0.15) is 5.26 Å². The summed E-state index contributed by atoms with van der Waals surface area (Å²) >= 11 is 0. The topological polar surface area (TPSA) is 73.6 Å². The largest absolute Gasteiger partial charge is 0.442 e. The standard InChI is InChI=1S/C8H12N2O3/c1-2-6(3-9)10-4-7(5-11)13-8(10)12/h6-7,11H,2,4-5H2,1H3. The Morgan fingerprint density at radius 3 is 3.00 bits per heavy atom. The summed E-state index contributed by atoms with van der Waals surface area (Å²) < 4.78 is 4.79. The van der Waals surface area contributed by atoms with E-state index in [0.717, 1.165) is 0 Å². The van der Waals surface area contributed by atoms with Gasteiger partial charge in [-0.25, -0.2) is 4.79 Å². The minimum absolute atomic E-state index is 0.190. The number of aliphatic hydroxyl groups is 1. The Morgan fingerprint density at radius 2 is 2.62 bits per heavy atom. The lowest BCUT2D eigenvalue weighted by molar-refractivity contribution is 0.0944. The number of hydrogen-bond donors (Lipinski definition) is 1. The van der Waals surface area contributed by atoms with Crippen LogP contribution in [-0.2, 0) is 4.74 Å². The average Bonchev–Trinajstić information content (AvgIpc) is 2.50. The SMILES string of the molecule is CCC(C#N)N1CC(CO)OC1=O. The van der Waals surface area contributed by atoms with E-state index in [-0.39, 0.29) is 6.61 Å². The van der Waals surface area contributed by atoms with Gasteiger partial charge in [0.05, 0.1) is 19.2 Å². The zero-order valence-electron chi connectivity index (χ0n) is 7.43. The van der Waals surface area contributed by atoms with E-state index in [9.17, 15) is 4.79 Å². The van der Waals surface area contributed by atoms with Gasteiger partial charge in [-0.05, 0) is 6.42 Å². The number of carbonyl (C=O) groups is 1. The van der Waals surface area contributed by atoms with Crippen molar-refractivity contribution >= 4 is 6.09 Å². The molecular weight excluding hydrogens is 172 g/mol. The summed E-state index contributed by atoms with van der Waals surface area (Å²) in [5, 5.41) is 17.4. The fourth-order valence-corrected chi connectivity index (χ4v) is 1.27. The van der Waals surface area contributed by atoms with Gasteiger partial charge in [-0.15, -0.1) is 0 Å². The molecule has 5 nitrogen and oxygen atoms in total. The predicted octanol–water partition coefficient (Wildman–Crippen LogP) is 0.102. The third-order valence-corrected chi connectivity index (χ3v) is 2.02. The summed E-state index contributed by atoms with van der Waals surface area (Å²) in [6.45, 7) is 1.94. The van der Waals surface area contributed by atoms with Gasteiger partial charge in [0.15, 0.2) is 0 Å². The molecule has 2 atom stereocenters. The molecular formula is C8H12N2O3. The number of amides is 1. The van der Waals surface area contributed by atoms with Crippen LogP contribution in [0.5, 0.6) is 0 Å². The molecule has 0 spiro atoms. The van der Waals surface area contributed by atoms with E-state index in [1.54, 1.807) is 0 Å². The van der Waals surface area contributed by atoms with Gasteiger partial charge < -0.3 is 9.84 Å². The molecule has 13 heavy (non-hydrogen) atoms. The number of aliphatic hydroxyl groups excluding tert-OH is 1. The summed E-state index contributed by atoms with van der Waals surface area (Å²) in [5.74, 6) is 0. The minimum Gasteiger partial charge on any atom is -0.442 e. The molecule has 0 aromatic carbocycles. The fraction of sp³-hybridized carbons (Fsp3) is 0.750. The first-order valence-electron chi connectivity index (χ1n) is 4.20. The highest BCUT2D eigenvalue weighted by molar-refractivity contribution is 5.70. The van der Waals surface area contributed by atoms with Gasteiger partial charge in [0.1, 0.15) is 12.1 Å². The molecule has 1 aliphatic heterocycles. The predicted molar refractivity (Wildman–Crippen MR) is 43.8 cm³/mol. The highest BCUT2D eigenvalue weighted by atomic mass is 16.6. The summed E-state index contributed by atoms with van der Waals surface area (Å²) in [7, 11) is 0. The van der Waals surface area contributed by atoms with E-state index in [2.05, 4.69) is 0 Å². The van der Waals surface area contributed by atoms with Crippen molar-refractivity contribution < 1.29 is 14.6 Å². The quantitative estimate of drug-likeness (QED) is 0.675. The van der Waals surface area contributed by atoms with Crippen LogP contribution in [0.25, 0.3) is 0 Å².